The lowest BCUT2D eigenvalue weighted by Crippen LogP contribution is -2.20. The van der Waals surface area contributed by atoms with Crippen molar-refractivity contribution in [2.24, 2.45) is 0 Å². The number of benzene rings is 1. The fourth-order valence-electron chi connectivity index (χ4n) is 1.51. The van der Waals surface area contributed by atoms with Gasteiger partial charge >= 0.3 is 5.97 Å². The van der Waals surface area contributed by atoms with Gasteiger partial charge in [0.2, 0.25) is 0 Å². The van der Waals surface area contributed by atoms with Gasteiger partial charge in [-0.25, -0.2) is 4.79 Å². The van der Waals surface area contributed by atoms with Crippen molar-refractivity contribution in [1.82, 2.24) is 0 Å². The molecule has 0 aliphatic carbocycles. The second kappa shape index (κ2) is 5.53. The summed E-state index contributed by atoms with van der Waals surface area (Å²) >= 11 is 5.95. The molecule has 0 aliphatic rings. The molecule has 0 fully saturated rings. The average Bonchev–Trinajstić information content (AvgIpc) is 2.35. The van der Waals surface area contributed by atoms with E-state index in [9.17, 15) is 9.59 Å². The van der Waals surface area contributed by atoms with Crippen LogP contribution in [0.4, 0.5) is 0 Å². The molecule has 1 rings (SSSR count). The molecule has 0 heterocycles. The van der Waals surface area contributed by atoms with Gasteiger partial charge < -0.3 is 4.74 Å². The molecule has 3 nitrogen and oxygen atoms in total. The Morgan fingerprint density at radius 1 is 1.17 bits per heavy atom. The minimum Gasteiger partial charge on any atom is -0.463 e. The molecule has 0 saturated carbocycles. The molecule has 0 aromatic heterocycles. The van der Waals surface area contributed by atoms with Gasteiger partial charge in [0.05, 0.1) is 7.11 Å². The van der Waals surface area contributed by atoms with E-state index in [-0.39, 0.29) is 5.41 Å². The highest BCUT2D eigenvalue weighted by atomic mass is 35.5. The first-order chi connectivity index (χ1) is 8.27. The number of esters is 1. The van der Waals surface area contributed by atoms with Crippen LogP contribution in [0.1, 0.15) is 37.3 Å². The predicted molar refractivity (Wildman–Crippen MR) is 70.8 cm³/mol. The maximum atomic E-state index is 11.5. The van der Waals surface area contributed by atoms with E-state index in [1.54, 1.807) is 12.1 Å². The quantitative estimate of drug-likeness (QED) is 0.481. The van der Waals surface area contributed by atoms with Crippen LogP contribution in [0.3, 0.4) is 0 Å². The van der Waals surface area contributed by atoms with E-state index in [2.05, 4.69) is 25.5 Å². The van der Waals surface area contributed by atoms with Crippen LogP contribution in [0.25, 0.3) is 0 Å². The molecule has 1 aromatic carbocycles. The fraction of sp³-hybridized carbons (Fsp3) is 0.429. The smallest absolute Gasteiger partial charge is 0.376 e. The summed E-state index contributed by atoms with van der Waals surface area (Å²) in [5.74, 6) is -1.67. The molecular weight excluding hydrogens is 252 g/mol. The number of hydrogen-bond acceptors (Lipinski definition) is 3. The molecule has 98 valence electrons. The van der Waals surface area contributed by atoms with Gasteiger partial charge in [-0.2, -0.15) is 0 Å². The van der Waals surface area contributed by atoms with Gasteiger partial charge in [-0.3, -0.25) is 4.79 Å². The van der Waals surface area contributed by atoms with Gasteiger partial charge in [-0.05, 0) is 16.5 Å². The van der Waals surface area contributed by atoms with Crippen LogP contribution in [0.5, 0.6) is 0 Å². The molecule has 0 bridgehead atoms. The third-order valence-corrected chi connectivity index (χ3v) is 3.14. The van der Waals surface area contributed by atoms with Crippen molar-refractivity contribution in [3.05, 3.63) is 35.4 Å². The summed E-state index contributed by atoms with van der Waals surface area (Å²) in [6, 6.07) is 7.35. The Kier molecular flexibility index (Phi) is 4.52. The van der Waals surface area contributed by atoms with Crippen molar-refractivity contribution < 1.29 is 14.3 Å². The molecule has 1 aromatic rings. The van der Waals surface area contributed by atoms with Crippen LogP contribution in [-0.4, -0.2) is 18.9 Å². The highest BCUT2D eigenvalue weighted by Crippen LogP contribution is 2.26. The van der Waals surface area contributed by atoms with Crippen LogP contribution in [-0.2, 0) is 19.7 Å². The maximum Gasteiger partial charge on any atom is 0.376 e. The molecule has 0 N–H and O–H groups in total. The number of methoxy groups -OCH3 is 1. The third kappa shape index (κ3) is 3.33. The Morgan fingerprint density at radius 3 is 2.06 bits per heavy atom. The maximum absolute atomic E-state index is 11.5. The molecular formula is C14H17ClO3. The van der Waals surface area contributed by atoms with Crippen LogP contribution in [0.15, 0.2) is 24.3 Å². The number of ether oxygens (including phenoxy) is 1. The Hall–Kier alpha value is -1.35. The SMILES string of the molecule is COC(=O)C(=O)C(Cl)c1ccc(C(C)(C)C)cc1. The van der Waals surface area contributed by atoms with E-state index in [1.165, 1.54) is 0 Å². The number of hydrogen-bond donors (Lipinski definition) is 0. The summed E-state index contributed by atoms with van der Waals surface area (Å²) in [6.45, 7) is 6.29. The first-order valence-electron chi connectivity index (χ1n) is 5.64. The summed E-state index contributed by atoms with van der Waals surface area (Å²) < 4.78 is 4.36. The Bertz CT molecular complexity index is 443. The summed E-state index contributed by atoms with van der Waals surface area (Å²) in [4.78, 5) is 22.6. The van der Waals surface area contributed by atoms with Crippen LogP contribution < -0.4 is 0 Å². The van der Waals surface area contributed by atoms with Crippen molar-refractivity contribution >= 4 is 23.4 Å². The number of carbonyl (C=O) groups is 2. The second-order valence-corrected chi connectivity index (χ2v) is 5.53. The summed E-state index contributed by atoms with van der Waals surface area (Å²) in [7, 11) is 1.16. The van der Waals surface area contributed by atoms with Crippen LogP contribution in [0.2, 0.25) is 0 Å². The largest absolute Gasteiger partial charge is 0.463 e. The van der Waals surface area contributed by atoms with Gasteiger partial charge in [-0.1, -0.05) is 45.0 Å². The Balaban J connectivity index is 2.92. The molecule has 18 heavy (non-hydrogen) atoms. The van der Waals surface area contributed by atoms with Crippen LogP contribution >= 0.6 is 11.6 Å². The molecule has 4 heteroatoms. The highest BCUT2D eigenvalue weighted by molar-refractivity contribution is 6.47. The van der Waals surface area contributed by atoms with Gasteiger partial charge in [-0.15, -0.1) is 11.6 Å². The van der Waals surface area contributed by atoms with E-state index in [0.717, 1.165) is 12.7 Å². The Labute approximate surface area is 112 Å². The topological polar surface area (TPSA) is 43.4 Å². The number of alkyl halides is 1. The van der Waals surface area contributed by atoms with Crippen molar-refractivity contribution in [1.29, 1.82) is 0 Å². The zero-order chi connectivity index (χ0) is 13.9. The van der Waals surface area contributed by atoms with Gasteiger partial charge in [0.15, 0.2) is 0 Å². The Morgan fingerprint density at radius 2 is 1.67 bits per heavy atom. The predicted octanol–water partition coefficient (Wildman–Crippen LogP) is 3.01. The van der Waals surface area contributed by atoms with Gasteiger partial charge in [0.1, 0.15) is 5.38 Å². The number of rotatable bonds is 3. The van der Waals surface area contributed by atoms with E-state index in [4.69, 9.17) is 11.6 Å². The minimum absolute atomic E-state index is 0.0344. The summed E-state index contributed by atoms with van der Waals surface area (Å²) in [5.41, 5.74) is 1.77. The van der Waals surface area contributed by atoms with Gasteiger partial charge in [0, 0.05) is 0 Å². The molecule has 0 radical (unpaired) electrons. The normalized spacial score (nSPS) is 12.9. The standard InChI is InChI=1S/C14H17ClO3/c1-14(2,3)10-7-5-9(6-8-10)11(15)12(16)13(17)18-4/h5-8,11H,1-4H3. The third-order valence-electron chi connectivity index (χ3n) is 2.69. The van der Waals surface area contributed by atoms with Crippen molar-refractivity contribution in [3.8, 4) is 0 Å². The second-order valence-electron chi connectivity index (χ2n) is 5.09. The average molecular weight is 269 g/mol. The summed E-state index contributed by atoms with van der Waals surface area (Å²) in [5, 5.41) is -0.994. The highest BCUT2D eigenvalue weighted by Gasteiger charge is 2.25. The van der Waals surface area contributed by atoms with Crippen molar-refractivity contribution in [2.45, 2.75) is 31.6 Å². The number of carbonyl (C=O) groups excluding carboxylic acids is 2. The summed E-state index contributed by atoms with van der Waals surface area (Å²) in [6.07, 6.45) is 0. The molecule has 0 amide bonds. The van der Waals surface area contributed by atoms with E-state index in [0.29, 0.717) is 5.56 Å². The minimum atomic E-state index is -0.994. The monoisotopic (exact) mass is 268 g/mol. The van der Waals surface area contributed by atoms with E-state index >= 15 is 0 Å². The zero-order valence-electron chi connectivity index (χ0n) is 11.0. The van der Waals surface area contributed by atoms with E-state index in [1.807, 2.05) is 12.1 Å². The number of ketones is 1. The number of halogens is 1. The van der Waals surface area contributed by atoms with Crippen molar-refractivity contribution in [3.63, 3.8) is 0 Å². The van der Waals surface area contributed by atoms with E-state index < -0.39 is 17.1 Å². The number of Topliss-reactive ketones (excluding diaryl/α,β-unsaturated/α-hetero) is 1. The zero-order valence-corrected chi connectivity index (χ0v) is 11.7. The van der Waals surface area contributed by atoms with Crippen LogP contribution in [0, 0.1) is 0 Å². The first-order valence-corrected chi connectivity index (χ1v) is 6.07. The lowest BCUT2D eigenvalue weighted by atomic mass is 9.86. The molecule has 0 aliphatic heterocycles. The molecule has 1 atom stereocenters. The first kappa shape index (κ1) is 14.7. The van der Waals surface area contributed by atoms with Crippen molar-refractivity contribution in [2.75, 3.05) is 7.11 Å². The molecule has 1 unspecified atom stereocenters. The lowest BCUT2D eigenvalue weighted by molar-refractivity contribution is -0.151. The fourth-order valence-corrected chi connectivity index (χ4v) is 1.74. The molecule has 0 spiro atoms. The molecule has 0 saturated heterocycles. The lowest BCUT2D eigenvalue weighted by Gasteiger charge is -2.19. The van der Waals surface area contributed by atoms with Gasteiger partial charge in [0.25, 0.3) is 5.78 Å².